The van der Waals surface area contributed by atoms with E-state index < -0.39 is 0 Å². The van der Waals surface area contributed by atoms with E-state index in [1.807, 2.05) is 49.4 Å². The van der Waals surface area contributed by atoms with E-state index in [1.165, 1.54) is 5.56 Å². The summed E-state index contributed by atoms with van der Waals surface area (Å²) in [5, 5.41) is 0. The predicted octanol–water partition coefficient (Wildman–Crippen LogP) is 3.22. The predicted molar refractivity (Wildman–Crippen MR) is 73.2 cm³/mol. The highest BCUT2D eigenvalue weighted by molar-refractivity contribution is 5.94. The number of rotatable bonds is 4. The van der Waals surface area contributed by atoms with Crippen LogP contribution in [0.25, 0.3) is 6.08 Å². The second-order valence-electron chi connectivity index (χ2n) is 4.25. The molecular formula is C16H15NO. The Balaban J connectivity index is 1.99. The third kappa shape index (κ3) is 3.67. The van der Waals surface area contributed by atoms with Crippen LogP contribution in [0.2, 0.25) is 0 Å². The maximum atomic E-state index is 11.8. The van der Waals surface area contributed by atoms with Crippen molar-refractivity contribution in [2.24, 2.45) is 0 Å². The van der Waals surface area contributed by atoms with Crippen molar-refractivity contribution < 1.29 is 4.79 Å². The lowest BCUT2D eigenvalue weighted by Crippen LogP contribution is -1.98. The van der Waals surface area contributed by atoms with Gasteiger partial charge in [-0.15, -0.1) is 0 Å². The second-order valence-corrected chi connectivity index (χ2v) is 4.25. The van der Waals surface area contributed by atoms with Crippen LogP contribution in [-0.2, 0) is 11.2 Å². The monoisotopic (exact) mass is 237 g/mol. The van der Waals surface area contributed by atoms with Crippen molar-refractivity contribution in [2.45, 2.75) is 13.3 Å². The molecule has 0 saturated carbocycles. The van der Waals surface area contributed by atoms with Crippen LogP contribution in [0.1, 0.15) is 16.7 Å². The summed E-state index contributed by atoms with van der Waals surface area (Å²) in [4.78, 5) is 15.7. The van der Waals surface area contributed by atoms with Gasteiger partial charge in [0.05, 0.1) is 0 Å². The van der Waals surface area contributed by atoms with Crippen LogP contribution < -0.4 is 0 Å². The highest BCUT2D eigenvalue weighted by Crippen LogP contribution is 2.06. The van der Waals surface area contributed by atoms with Crippen molar-refractivity contribution in [3.05, 3.63) is 71.6 Å². The van der Waals surface area contributed by atoms with Gasteiger partial charge in [-0.1, -0.05) is 42.0 Å². The Kier molecular flexibility index (Phi) is 4.02. The van der Waals surface area contributed by atoms with Crippen molar-refractivity contribution in [2.75, 3.05) is 0 Å². The van der Waals surface area contributed by atoms with Crippen LogP contribution in [0.4, 0.5) is 0 Å². The number of hydrogen-bond acceptors (Lipinski definition) is 2. The fourth-order valence-electron chi connectivity index (χ4n) is 1.73. The fraction of sp³-hybridized carbons (Fsp3) is 0.125. The van der Waals surface area contributed by atoms with Crippen molar-refractivity contribution in [3.63, 3.8) is 0 Å². The number of carbonyl (C=O) groups excluding carboxylic acids is 1. The molecule has 0 unspecified atom stereocenters. The molecule has 0 aliphatic rings. The Hall–Kier alpha value is -2.22. The van der Waals surface area contributed by atoms with Crippen LogP contribution in [0, 0.1) is 6.92 Å². The number of carbonyl (C=O) groups is 1. The van der Waals surface area contributed by atoms with Gasteiger partial charge >= 0.3 is 0 Å². The van der Waals surface area contributed by atoms with Crippen LogP contribution in [0.3, 0.4) is 0 Å². The molecule has 2 nitrogen and oxygen atoms in total. The maximum absolute atomic E-state index is 11.8. The van der Waals surface area contributed by atoms with Gasteiger partial charge in [-0.2, -0.15) is 0 Å². The lowest BCUT2D eigenvalue weighted by atomic mass is 10.1. The van der Waals surface area contributed by atoms with Crippen LogP contribution in [0.15, 0.2) is 54.9 Å². The van der Waals surface area contributed by atoms with Gasteiger partial charge in [0.2, 0.25) is 0 Å². The lowest BCUT2D eigenvalue weighted by molar-refractivity contribution is -0.113. The van der Waals surface area contributed by atoms with Gasteiger partial charge < -0.3 is 0 Å². The van der Waals surface area contributed by atoms with Crippen LogP contribution in [0.5, 0.6) is 0 Å². The Morgan fingerprint density at radius 3 is 2.89 bits per heavy atom. The molecule has 1 heterocycles. The lowest BCUT2D eigenvalue weighted by Gasteiger charge is -1.97. The van der Waals surface area contributed by atoms with E-state index in [9.17, 15) is 4.79 Å². The molecule has 0 atom stereocenters. The average molecular weight is 237 g/mol. The minimum Gasteiger partial charge on any atom is -0.294 e. The molecule has 0 aliphatic carbocycles. The number of benzene rings is 1. The summed E-state index contributed by atoms with van der Waals surface area (Å²) in [6.07, 6.45) is 7.30. The van der Waals surface area contributed by atoms with E-state index >= 15 is 0 Å². The molecular weight excluding hydrogens is 222 g/mol. The molecule has 0 bridgehead atoms. The molecule has 0 radical (unpaired) electrons. The van der Waals surface area contributed by atoms with Gasteiger partial charge in [-0.25, -0.2) is 0 Å². The van der Waals surface area contributed by atoms with Crippen LogP contribution >= 0.6 is 0 Å². The summed E-state index contributed by atoms with van der Waals surface area (Å²) >= 11 is 0. The number of aryl methyl sites for hydroxylation is 1. The first kappa shape index (κ1) is 12.2. The largest absolute Gasteiger partial charge is 0.294 e. The summed E-state index contributed by atoms with van der Waals surface area (Å²) in [6, 6.07) is 11.8. The summed E-state index contributed by atoms with van der Waals surface area (Å²) < 4.78 is 0. The van der Waals surface area contributed by atoms with E-state index in [2.05, 4.69) is 4.98 Å². The molecule has 0 fully saturated rings. The van der Waals surface area contributed by atoms with Crippen molar-refractivity contribution >= 4 is 11.9 Å². The van der Waals surface area contributed by atoms with Crippen molar-refractivity contribution in [1.29, 1.82) is 0 Å². The zero-order valence-electron chi connectivity index (χ0n) is 10.3. The molecule has 0 aliphatic heterocycles. The standard InChI is InChI=1S/C16H15NO/c1-13-4-2-5-14(10-13)7-8-16(18)11-15-6-3-9-17-12-15/h2-10,12H,11H2,1H3. The quantitative estimate of drug-likeness (QED) is 0.764. The first-order valence-corrected chi connectivity index (χ1v) is 5.90. The summed E-state index contributed by atoms with van der Waals surface area (Å²) in [5.41, 5.74) is 3.18. The number of allylic oxidation sites excluding steroid dienone is 1. The Labute approximate surface area is 107 Å². The molecule has 2 rings (SSSR count). The third-order valence-corrected chi connectivity index (χ3v) is 2.60. The molecule has 1 aromatic heterocycles. The number of hydrogen-bond donors (Lipinski definition) is 0. The van der Waals surface area contributed by atoms with Gasteiger partial charge in [0.25, 0.3) is 0 Å². The highest BCUT2D eigenvalue weighted by Gasteiger charge is 1.99. The van der Waals surface area contributed by atoms with Crippen molar-refractivity contribution in [1.82, 2.24) is 4.98 Å². The van der Waals surface area contributed by atoms with Gasteiger partial charge in [-0.05, 0) is 30.2 Å². The summed E-state index contributed by atoms with van der Waals surface area (Å²) in [6.45, 7) is 2.04. The van der Waals surface area contributed by atoms with Gasteiger partial charge in [0.15, 0.2) is 5.78 Å². The molecule has 18 heavy (non-hydrogen) atoms. The molecule has 2 heteroatoms. The number of aromatic nitrogens is 1. The third-order valence-electron chi connectivity index (χ3n) is 2.60. The Bertz CT molecular complexity index is 558. The number of pyridine rings is 1. The Morgan fingerprint density at radius 2 is 2.17 bits per heavy atom. The van der Waals surface area contributed by atoms with Gasteiger partial charge in [-0.3, -0.25) is 9.78 Å². The van der Waals surface area contributed by atoms with E-state index in [0.29, 0.717) is 6.42 Å². The molecule has 1 aromatic carbocycles. The van der Waals surface area contributed by atoms with Gasteiger partial charge in [0, 0.05) is 18.8 Å². The molecule has 0 amide bonds. The normalized spacial score (nSPS) is 10.7. The van der Waals surface area contributed by atoms with Crippen molar-refractivity contribution in [3.8, 4) is 0 Å². The molecule has 0 spiro atoms. The summed E-state index contributed by atoms with van der Waals surface area (Å²) in [7, 11) is 0. The maximum Gasteiger partial charge on any atom is 0.160 e. The van der Waals surface area contributed by atoms with E-state index in [0.717, 1.165) is 11.1 Å². The van der Waals surface area contributed by atoms with Gasteiger partial charge in [0.1, 0.15) is 0 Å². The zero-order chi connectivity index (χ0) is 12.8. The summed E-state index contributed by atoms with van der Waals surface area (Å²) in [5.74, 6) is 0.0875. The molecule has 0 saturated heterocycles. The second kappa shape index (κ2) is 5.92. The number of nitrogens with zero attached hydrogens (tertiary/aromatic N) is 1. The molecule has 2 aromatic rings. The SMILES string of the molecule is Cc1cccc(C=CC(=O)Cc2cccnc2)c1. The topological polar surface area (TPSA) is 30.0 Å². The zero-order valence-corrected chi connectivity index (χ0v) is 10.3. The first-order chi connectivity index (χ1) is 8.74. The smallest absolute Gasteiger partial charge is 0.160 e. The highest BCUT2D eigenvalue weighted by atomic mass is 16.1. The minimum atomic E-state index is 0.0875. The minimum absolute atomic E-state index is 0.0875. The Morgan fingerprint density at radius 1 is 1.28 bits per heavy atom. The first-order valence-electron chi connectivity index (χ1n) is 5.90. The van der Waals surface area contributed by atoms with Crippen LogP contribution in [-0.4, -0.2) is 10.8 Å². The van der Waals surface area contributed by atoms with E-state index in [-0.39, 0.29) is 5.78 Å². The van der Waals surface area contributed by atoms with E-state index in [4.69, 9.17) is 0 Å². The van der Waals surface area contributed by atoms with E-state index in [1.54, 1.807) is 18.5 Å². The number of ketones is 1. The average Bonchev–Trinajstić information content (AvgIpc) is 2.38. The molecule has 90 valence electrons. The fourth-order valence-corrected chi connectivity index (χ4v) is 1.73. The molecule has 0 N–H and O–H groups in total.